The summed E-state index contributed by atoms with van der Waals surface area (Å²) in [5.41, 5.74) is 0.609. The van der Waals surface area contributed by atoms with E-state index >= 15 is 0 Å². The van der Waals surface area contributed by atoms with Crippen LogP contribution in [0.3, 0.4) is 0 Å². The minimum Gasteiger partial charge on any atom is -0.474 e. The molecule has 3 aromatic heterocycles. The maximum atomic E-state index is 12.6. The van der Waals surface area contributed by atoms with Gasteiger partial charge >= 0.3 is 6.55 Å². The van der Waals surface area contributed by atoms with Crippen LogP contribution in [0.15, 0.2) is 24.5 Å². The highest BCUT2D eigenvalue weighted by atomic mass is 19.3. The molecular weight excluding hydrogens is 334 g/mol. The average molecular weight is 350 g/mol. The minimum absolute atomic E-state index is 0.00656. The van der Waals surface area contributed by atoms with Crippen molar-refractivity contribution < 1.29 is 18.3 Å². The molecule has 0 bridgehead atoms. The number of hydrogen-bond acceptors (Lipinski definition) is 5. The molecule has 0 aliphatic carbocycles. The fraction of sp³-hybridized carbons (Fsp3) is 0.333. The zero-order chi connectivity index (χ0) is 18.1. The second-order valence-corrected chi connectivity index (χ2v) is 5.64. The zero-order valence-corrected chi connectivity index (χ0v) is 13.8. The normalized spacial score (nSPS) is 11.5. The van der Waals surface area contributed by atoms with Crippen LogP contribution < -0.4 is 10.1 Å². The van der Waals surface area contributed by atoms with Crippen molar-refractivity contribution >= 4 is 22.8 Å². The molecule has 3 aromatic rings. The van der Waals surface area contributed by atoms with Crippen LogP contribution in [0.4, 0.5) is 14.6 Å². The highest BCUT2D eigenvalue weighted by Gasteiger charge is 2.19. The van der Waals surface area contributed by atoms with E-state index < -0.39 is 12.5 Å². The highest BCUT2D eigenvalue weighted by Crippen LogP contribution is 2.24. The second kappa shape index (κ2) is 6.46. The van der Waals surface area contributed by atoms with Gasteiger partial charge in [-0.3, -0.25) is 9.48 Å². The second-order valence-electron chi connectivity index (χ2n) is 5.64. The number of rotatable bonds is 5. The van der Waals surface area contributed by atoms with E-state index in [4.69, 9.17) is 4.74 Å². The number of fused-ring (bicyclic) bond motifs is 1. The minimum atomic E-state index is -2.78. The Hall–Kier alpha value is -3.04. The molecule has 0 radical (unpaired) electrons. The Bertz CT molecular complexity index is 918. The van der Waals surface area contributed by atoms with Gasteiger partial charge in [0, 0.05) is 30.9 Å². The Labute approximate surface area is 141 Å². The standard InChI is InChI=1S/C15H16F2N6O2/c1-8(2)25-14-10(6-9-7-22(3)21-12(9)19-14)13(24)18-11-4-5-23(20-11)15(16)17/h4-8,15H,1-3H3,(H,18,20,24). The van der Waals surface area contributed by atoms with Gasteiger partial charge in [0.05, 0.1) is 6.10 Å². The molecule has 0 fully saturated rings. The smallest absolute Gasteiger partial charge is 0.333 e. The van der Waals surface area contributed by atoms with Crippen LogP contribution in [0, 0.1) is 0 Å². The van der Waals surface area contributed by atoms with Gasteiger partial charge in [-0.1, -0.05) is 0 Å². The summed E-state index contributed by atoms with van der Waals surface area (Å²) in [4.78, 5) is 16.8. The topological polar surface area (TPSA) is 86.9 Å². The van der Waals surface area contributed by atoms with Gasteiger partial charge in [-0.25, -0.2) is 4.68 Å². The molecule has 25 heavy (non-hydrogen) atoms. The summed E-state index contributed by atoms with van der Waals surface area (Å²) < 4.78 is 32.8. The van der Waals surface area contributed by atoms with Gasteiger partial charge < -0.3 is 10.1 Å². The van der Waals surface area contributed by atoms with Gasteiger partial charge in [-0.15, -0.1) is 0 Å². The van der Waals surface area contributed by atoms with Gasteiger partial charge in [-0.2, -0.15) is 24.0 Å². The molecule has 1 amide bonds. The van der Waals surface area contributed by atoms with Crippen molar-refractivity contribution in [1.82, 2.24) is 24.5 Å². The van der Waals surface area contributed by atoms with Crippen molar-refractivity contribution in [3.8, 4) is 5.88 Å². The molecule has 0 aromatic carbocycles. The van der Waals surface area contributed by atoms with E-state index in [2.05, 4.69) is 20.5 Å². The fourth-order valence-electron chi connectivity index (χ4n) is 2.23. The Morgan fingerprint density at radius 3 is 2.72 bits per heavy atom. The van der Waals surface area contributed by atoms with E-state index in [9.17, 15) is 13.6 Å². The molecule has 0 atom stereocenters. The Kier molecular flexibility index (Phi) is 4.34. The number of ether oxygens (including phenoxy) is 1. The molecule has 0 saturated heterocycles. The monoisotopic (exact) mass is 350 g/mol. The number of anilines is 1. The molecule has 1 N–H and O–H groups in total. The number of hydrogen-bond donors (Lipinski definition) is 1. The first kappa shape index (κ1) is 16.8. The first-order valence-corrected chi connectivity index (χ1v) is 7.49. The number of aromatic nitrogens is 5. The number of carbonyl (C=O) groups is 1. The number of amides is 1. The van der Waals surface area contributed by atoms with Crippen molar-refractivity contribution in [3.63, 3.8) is 0 Å². The summed E-state index contributed by atoms with van der Waals surface area (Å²) >= 11 is 0. The number of nitrogens with one attached hydrogen (secondary N) is 1. The Morgan fingerprint density at radius 2 is 2.08 bits per heavy atom. The predicted octanol–water partition coefficient (Wildman–Crippen LogP) is 2.60. The summed E-state index contributed by atoms with van der Waals surface area (Å²) in [6, 6.07) is 2.87. The number of carbonyl (C=O) groups excluding carboxylic acids is 1. The van der Waals surface area contributed by atoms with E-state index in [1.807, 2.05) is 0 Å². The van der Waals surface area contributed by atoms with Gasteiger partial charge in [-0.05, 0) is 19.9 Å². The van der Waals surface area contributed by atoms with Gasteiger partial charge in [0.2, 0.25) is 5.88 Å². The SMILES string of the molecule is CC(C)Oc1nc2nn(C)cc2cc1C(=O)Nc1ccn(C(F)F)n1. The Morgan fingerprint density at radius 1 is 1.32 bits per heavy atom. The lowest BCUT2D eigenvalue weighted by Crippen LogP contribution is -2.17. The molecule has 0 spiro atoms. The molecule has 10 heteroatoms. The largest absolute Gasteiger partial charge is 0.474 e. The van der Waals surface area contributed by atoms with Crippen LogP contribution in [0.25, 0.3) is 11.0 Å². The highest BCUT2D eigenvalue weighted by molar-refractivity contribution is 6.07. The van der Waals surface area contributed by atoms with Gasteiger partial charge in [0.15, 0.2) is 11.5 Å². The fourth-order valence-corrected chi connectivity index (χ4v) is 2.23. The van der Waals surface area contributed by atoms with Crippen molar-refractivity contribution in [3.05, 3.63) is 30.1 Å². The molecule has 132 valence electrons. The molecule has 3 rings (SSSR count). The number of aryl methyl sites for hydroxylation is 1. The van der Waals surface area contributed by atoms with Gasteiger partial charge in [0.1, 0.15) is 5.56 Å². The van der Waals surface area contributed by atoms with Gasteiger partial charge in [0.25, 0.3) is 5.91 Å². The van der Waals surface area contributed by atoms with Crippen molar-refractivity contribution in [2.24, 2.45) is 7.05 Å². The third-order valence-corrected chi connectivity index (χ3v) is 3.22. The molecule has 0 unspecified atom stereocenters. The number of alkyl halides is 2. The quantitative estimate of drug-likeness (QED) is 0.764. The summed E-state index contributed by atoms with van der Waals surface area (Å²) in [7, 11) is 1.74. The first-order chi connectivity index (χ1) is 11.8. The van der Waals surface area contributed by atoms with E-state index in [0.717, 1.165) is 6.20 Å². The van der Waals surface area contributed by atoms with E-state index in [-0.39, 0.29) is 23.4 Å². The first-order valence-electron chi connectivity index (χ1n) is 7.49. The van der Waals surface area contributed by atoms with Crippen LogP contribution in [0.1, 0.15) is 30.8 Å². The molecule has 8 nitrogen and oxygen atoms in total. The van der Waals surface area contributed by atoms with Crippen LogP contribution in [-0.4, -0.2) is 36.6 Å². The maximum Gasteiger partial charge on any atom is 0.333 e. The van der Waals surface area contributed by atoms with E-state index in [0.29, 0.717) is 15.7 Å². The van der Waals surface area contributed by atoms with Crippen LogP contribution in [0.2, 0.25) is 0 Å². The summed E-state index contributed by atoms with van der Waals surface area (Å²) in [5, 5.41) is 10.9. The van der Waals surface area contributed by atoms with E-state index in [1.54, 1.807) is 37.8 Å². The molecule has 3 heterocycles. The zero-order valence-electron chi connectivity index (χ0n) is 13.8. The van der Waals surface area contributed by atoms with E-state index in [1.165, 1.54) is 6.07 Å². The maximum absolute atomic E-state index is 12.6. The molecule has 0 aliphatic rings. The number of halogens is 2. The Balaban J connectivity index is 1.94. The lowest BCUT2D eigenvalue weighted by atomic mass is 10.2. The van der Waals surface area contributed by atoms with Crippen LogP contribution >= 0.6 is 0 Å². The molecular formula is C15H16F2N6O2. The number of pyridine rings is 1. The van der Waals surface area contributed by atoms with Crippen molar-refractivity contribution in [1.29, 1.82) is 0 Å². The summed E-state index contributed by atoms with van der Waals surface area (Å²) in [6.45, 7) is 0.825. The third-order valence-electron chi connectivity index (χ3n) is 3.22. The average Bonchev–Trinajstić information content (AvgIpc) is 3.11. The lowest BCUT2D eigenvalue weighted by Gasteiger charge is -2.12. The third kappa shape index (κ3) is 3.57. The molecule has 0 saturated carbocycles. The van der Waals surface area contributed by atoms with Crippen LogP contribution in [0.5, 0.6) is 5.88 Å². The lowest BCUT2D eigenvalue weighted by molar-refractivity contribution is 0.0568. The van der Waals surface area contributed by atoms with Crippen molar-refractivity contribution in [2.45, 2.75) is 26.5 Å². The molecule has 0 aliphatic heterocycles. The van der Waals surface area contributed by atoms with Crippen LogP contribution in [-0.2, 0) is 7.05 Å². The van der Waals surface area contributed by atoms with Crippen molar-refractivity contribution in [2.75, 3.05) is 5.32 Å². The predicted molar refractivity (Wildman–Crippen MR) is 85.7 cm³/mol. The summed E-state index contributed by atoms with van der Waals surface area (Å²) in [5.74, 6) is -0.438. The summed E-state index contributed by atoms with van der Waals surface area (Å²) in [6.07, 6.45) is 2.58. The number of nitrogens with zero attached hydrogens (tertiary/aromatic N) is 5.